The number of rotatable bonds is 2. The van der Waals surface area contributed by atoms with Crippen LogP contribution >= 0.6 is 0 Å². The average molecular weight is 269 g/mol. The summed E-state index contributed by atoms with van der Waals surface area (Å²) in [6.07, 6.45) is 5.13. The van der Waals surface area contributed by atoms with Crippen LogP contribution < -0.4 is 0 Å². The molecule has 1 amide bonds. The Morgan fingerprint density at radius 3 is 3.00 bits per heavy atom. The molecule has 0 aliphatic carbocycles. The molecule has 2 aromatic rings. The van der Waals surface area contributed by atoms with Gasteiger partial charge < -0.3 is 4.74 Å². The quantitative estimate of drug-likeness (QED) is 0.841. The Bertz CT molecular complexity index is 661. The smallest absolute Gasteiger partial charge is 0.414 e. The molecule has 20 heavy (non-hydrogen) atoms. The molecule has 1 aromatic heterocycles. The minimum atomic E-state index is -0.360. The maximum atomic E-state index is 12.0. The summed E-state index contributed by atoms with van der Waals surface area (Å²) < 4.78 is 6.94. The fraction of sp³-hybridized carbons (Fsp3) is 0.200. The van der Waals surface area contributed by atoms with Gasteiger partial charge in [-0.3, -0.25) is 9.58 Å². The SMILES string of the molecule is Cn1ccc(COC(=O)N2C=Cc3ccccc3C2)n1. The van der Waals surface area contributed by atoms with E-state index in [1.54, 1.807) is 15.8 Å². The molecule has 1 aliphatic rings. The second-order valence-electron chi connectivity index (χ2n) is 4.68. The summed E-state index contributed by atoms with van der Waals surface area (Å²) in [5, 5.41) is 4.17. The van der Waals surface area contributed by atoms with Gasteiger partial charge in [-0.15, -0.1) is 0 Å². The van der Waals surface area contributed by atoms with E-state index < -0.39 is 0 Å². The fourth-order valence-electron chi connectivity index (χ4n) is 2.13. The maximum Gasteiger partial charge on any atom is 0.414 e. The lowest BCUT2D eigenvalue weighted by molar-refractivity contribution is 0.107. The first-order valence-corrected chi connectivity index (χ1v) is 6.40. The van der Waals surface area contributed by atoms with E-state index in [-0.39, 0.29) is 12.7 Å². The number of hydrogen-bond donors (Lipinski definition) is 0. The minimum Gasteiger partial charge on any atom is -0.443 e. The van der Waals surface area contributed by atoms with Gasteiger partial charge in [0.1, 0.15) is 6.61 Å². The van der Waals surface area contributed by atoms with Crippen molar-refractivity contribution < 1.29 is 9.53 Å². The van der Waals surface area contributed by atoms with Gasteiger partial charge >= 0.3 is 6.09 Å². The molecule has 2 heterocycles. The molecule has 0 radical (unpaired) electrons. The standard InChI is InChI=1S/C15H15N3O2/c1-17-8-7-14(16-17)11-20-15(19)18-9-6-12-4-2-3-5-13(12)10-18/h2-9H,10-11H2,1H3. The van der Waals surface area contributed by atoms with Gasteiger partial charge in [0.2, 0.25) is 0 Å². The average Bonchev–Trinajstić information content (AvgIpc) is 2.90. The number of amides is 1. The van der Waals surface area contributed by atoms with Crippen molar-refractivity contribution in [3.8, 4) is 0 Å². The van der Waals surface area contributed by atoms with E-state index in [4.69, 9.17) is 4.74 Å². The van der Waals surface area contributed by atoms with Gasteiger partial charge in [-0.05, 0) is 23.3 Å². The first kappa shape index (κ1) is 12.5. The third-order valence-electron chi connectivity index (χ3n) is 3.18. The summed E-state index contributed by atoms with van der Waals surface area (Å²) in [5.41, 5.74) is 2.99. The first-order chi connectivity index (χ1) is 9.72. The molecule has 1 aromatic carbocycles. The van der Waals surface area contributed by atoms with Crippen LogP contribution in [0.4, 0.5) is 4.79 Å². The number of fused-ring (bicyclic) bond motifs is 1. The van der Waals surface area contributed by atoms with Gasteiger partial charge in [-0.25, -0.2) is 4.79 Å². The molecule has 0 fully saturated rings. The van der Waals surface area contributed by atoms with Crippen LogP contribution in [-0.2, 0) is 24.9 Å². The molecule has 0 spiro atoms. The number of carbonyl (C=O) groups is 1. The highest BCUT2D eigenvalue weighted by Gasteiger charge is 2.17. The highest BCUT2D eigenvalue weighted by Crippen LogP contribution is 2.19. The molecule has 0 bridgehead atoms. The van der Waals surface area contributed by atoms with E-state index in [9.17, 15) is 4.79 Å². The lowest BCUT2D eigenvalue weighted by Crippen LogP contribution is -2.28. The summed E-state index contributed by atoms with van der Waals surface area (Å²) in [6.45, 7) is 0.722. The zero-order chi connectivity index (χ0) is 13.9. The molecule has 102 valence electrons. The number of ether oxygens (including phenoxy) is 1. The van der Waals surface area contributed by atoms with Gasteiger partial charge in [0, 0.05) is 19.4 Å². The normalized spacial score (nSPS) is 13.2. The van der Waals surface area contributed by atoms with E-state index in [0.29, 0.717) is 6.54 Å². The molecule has 0 N–H and O–H groups in total. The number of aryl methyl sites for hydroxylation is 1. The van der Waals surface area contributed by atoms with Crippen LogP contribution in [0, 0.1) is 0 Å². The van der Waals surface area contributed by atoms with Crippen molar-refractivity contribution >= 4 is 12.2 Å². The predicted molar refractivity (Wildman–Crippen MR) is 74.4 cm³/mol. The summed E-state index contributed by atoms with van der Waals surface area (Å²) in [6, 6.07) is 9.82. The second-order valence-corrected chi connectivity index (χ2v) is 4.68. The molecule has 3 rings (SSSR count). The first-order valence-electron chi connectivity index (χ1n) is 6.40. The van der Waals surface area contributed by atoms with E-state index in [1.165, 1.54) is 0 Å². The third kappa shape index (κ3) is 2.56. The zero-order valence-electron chi connectivity index (χ0n) is 11.2. The van der Waals surface area contributed by atoms with E-state index >= 15 is 0 Å². The van der Waals surface area contributed by atoms with Crippen molar-refractivity contribution in [1.82, 2.24) is 14.7 Å². The highest BCUT2D eigenvalue weighted by atomic mass is 16.6. The number of aromatic nitrogens is 2. The van der Waals surface area contributed by atoms with Crippen LogP contribution in [0.15, 0.2) is 42.7 Å². The molecule has 0 atom stereocenters. The molecular formula is C15H15N3O2. The van der Waals surface area contributed by atoms with Crippen molar-refractivity contribution in [3.63, 3.8) is 0 Å². The van der Waals surface area contributed by atoms with Crippen LogP contribution in [0.1, 0.15) is 16.8 Å². The van der Waals surface area contributed by atoms with E-state index in [0.717, 1.165) is 16.8 Å². The fourth-order valence-corrected chi connectivity index (χ4v) is 2.13. The molecule has 5 nitrogen and oxygen atoms in total. The van der Waals surface area contributed by atoms with Gasteiger partial charge in [-0.2, -0.15) is 5.10 Å². The van der Waals surface area contributed by atoms with Crippen LogP contribution in [0.5, 0.6) is 0 Å². The molecule has 0 saturated heterocycles. The predicted octanol–water partition coefficient (Wildman–Crippen LogP) is 2.54. The Labute approximate surface area is 117 Å². The molecule has 0 unspecified atom stereocenters. The van der Waals surface area contributed by atoms with E-state index in [1.807, 2.05) is 49.7 Å². The Morgan fingerprint density at radius 2 is 2.20 bits per heavy atom. The minimum absolute atomic E-state index is 0.186. The van der Waals surface area contributed by atoms with Crippen molar-refractivity contribution in [2.24, 2.45) is 7.05 Å². The summed E-state index contributed by atoms with van der Waals surface area (Å²) in [5.74, 6) is 0. The van der Waals surface area contributed by atoms with Crippen LogP contribution in [0.2, 0.25) is 0 Å². The van der Waals surface area contributed by atoms with Gasteiger partial charge in [0.25, 0.3) is 0 Å². The molecule has 5 heteroatoms. The lowest BCUT2D eigenvalue weighted by Gasteiger charge is -2.22. The number of benzene rings is 1. The van der Waals surface area contributed by atoms with Crippen molar-refractivity contribution in [2.75, 3.05) is 0 Å². The van der Waals surface area contributed by atoms with Crippen molar-refractivity contribution in [2.45, 2.75) is 13.2 Å². The molecular weight excluding hydrogens is 254 g/mol. The summed E-state index contributed by atoms with van der Waals surface area (Å²) in [4.78, 5) is 13.6. The monoisotopic (exact) mass is 269 g/mol. The van der Waals surface area contributed by atoms with Crippen molar-refractivity contribution in [3.05, 3.63) is 59.5 Å². The molecule has 0 saturated carbocycles. The number of nitrogens with zero attached hydrogens (tertiary/aromatic N) is 3. The Morgan fingerprint density at radius 1 is 1.35 bits per heavy atom. The lowest BCUT2D eigenvalue weighted by atomic mass is 10.1. The summed E-state index contributed by atoms with van der Waals surface area (Å²) >= 11 is 0. The number of carbonyl (C=O) groups excluding carboxylic acids is 1. The van der Waals surface area contributed by atoms with Gasteiger partial charge in [0.15, 0.2) is 0 Å². The zero-order valence-corrected chi connectivity index (χ0v) is 11.2. The van der Waals surface area contributed by atoms with Crippen molar-refractivity contribution in [1.29, 1.82) is 0 Å². The second kappa shape index (κ2) is 5.21. The Hall–Kier alpha value is -2.56. The summed E-state index contributed by atoms with van der Waals surface area (Å²) in [7, 11) is 1.83. The van der Waals surface area contributed by atoms with Crippen LogP contribution in [-0.4, -0.2) is 20.8 Å². The number of hydrogen-bond acceptors (Lipinski definition) is 3. The van der Waals surface area contributed by atoms with Gasteiger partial charge in [-0.1, -0.05) is 24.3 Å². The van der Waals surface area contributed by atoms with Gasteiger partial charge in [0.05, 0.1) is 12.2 Å². The Balaban J connectivity index is 1.62. The van der Waals surface area contributed by atoms with Crippen LogP contribution in [0.3, 0.4) is 0 Å². The van der Waals surface area contributed by atoms with Crippen LogP contribution in [0.25, 0.3) is 6.08 Å². The highest BCUT2D eigenvalue weighted by molar-refractivity contribution is 5.72. The Kier molecular flexibility index (Phi) is 3.25. The maximum absolute atomic E-state index is 12.0. The largest absolute Gasteiger partial charge is 0.443 e. The van der Waals surface area contributed by atoms with E-state index in [2.05, 4.69) is 5.10 Å². The third-order valence-corrected chi connectivity index (χ3v) is 3.18. The topological polar surface area (TPSA) is 47.4 Å². The molecule has 1 aliphatic heterocycles.